The lowest BCUT2D eigenvalue weighted by Gasteiger charge is -2.36. The molecule has 3 atom stereocenters. The molecular weight excluding hydrogens is 252 g/mol. The van der Waals surface area contributed by atoms with Gasteiger partial charge in [0, 0.05) is 38.3 Å². The molecule has 4 heteroatoms. The van der Waals surface area contributed by atoms with Gasteiger partial charge in [0.2, 0.25) is 0 Å². The highest BCUT2D eigenvalue weighted by molar-refractivity contribution is 4.84. The van der Waals surface area contributed by atoms with Gasteiger partial charge in [-0.3, -0.25) is 4.90 Å². The molecule has 0 amide bonds. The van der Waals surface area contributed by atoms with Crippen LogP contribution in [0.3, 0.4) is 0 Å². The number of piperidine rings is 1. The standard InChI is InChI=1S/C16H32N2O2/c1-3-8-17-16(14-7-10-19-13-14)12-18-9-5-6-15(11-18)20-4-2/h14-17H,3-13H2,1-2H3. The minimum atomic E-state index is 0.445. The second kappa shape index (κ2) is 8.98. The van der Waals surface area contributed by atoms with Crippen LogP contribution < -0.4 is 5.32 Å². The van der Waals surface area contributed by atoms with Crippen molar-refractivity contribution in [1.29, 1.82) is 0 Å². The maximum atomic E-state index is 5.81. The van der Waals surface area contributed by atoms with E-state index in [0.717, 1.165) is 39.5 Å². The minimum Gasteiger partial charge on any atom is -0.381 e. The van der Waals surface area contributed by atoms with Crippen molar-refractivity contribution in [3.63, 3.8) is 0 Å². The number of nitrogens with one attached hydrogen (secondary N) is 1. The molecule has 1 N–H and O–H groups in total. The van der Waals surface area contributed by atoms with Gasteiger partial charge in [-0.2, -0.15) is 0 Å². The predicted octanol–water partition coefficient (Wildman–Crippen LogP) is 1.89. The first-order valence-electron chi connectivity index (χ1n) is 8.48. The highest BCUT2D eigenvalue weighted by atomic mass is 16.5. The Kier molecular flexibility index (Phi) is 7.28. The van der Waals surface area contributed by atoms with Gasteiger partial charge < -0.3 is 14.8 Å². The fraction of sp³-hybridized carbons (Fsp3) is 1.00. The first-order valence-corrected chi connectivity index (χ1v) is 8.48. The van der Waals surface area contributed by atoms with Crippen molar-refractivity contribution < 1.29 is 9.47 Å². The lowest BCUT2D eigenvalue weighted by atomic mass is 9.97. The van der Waals surface area contributed by atoms with Crippen LogP contribution in [0, 0.1) is 5.92 Å². The molecule has 0 bridgehead atoms. The average Bonchev–Trinajstić information content (AvgIpc) is 2.98. The number of likely N-dealkylation sites (tertiary alicyclic amines) is 1. The topological polar surface area (TPSA) is 33.7 Å². The van der Waals surface area contributed by atoms with E-state index in [9.17, 15) is 0 Å². The quantitative estimate of drug-likeness (QED) is 0.738. The summed E-state index contributed by atoms with van der Waals surface area (Å²) in [6, 6.07) is 0.581. The Hall–Kier alpha value is -0.160. The van der Waals surface area contributed by atoms with Gasteiger partial charge in [0.25, 0.3) is 0 Å². The van der Waals surface area contributed by atoms with Crippen LogP contribution in [0.4, 0.5) is 0 Å². The van der Waals surface area contributed by atoms with E-state index in [4.69, 9.17) is 9.47 Å². The maximum Gasteiger partial charge on any atom is 0.0702 e. The second-order valence-corrected chi connectivity index (χ2v) is 6.16. The van der Waals surface area contributed by atoms with E-state index < -0.39 is 0 Å². The molecular formula is C16H32N2O2. The molecule has 2 heterocycles. The minimum absolute atomic E-state index is 0.445. The van der Waals surface area contributed by atoms with Gasteiger partial charge in [-0.05, 0) is 45.7 Å². The number of nitrogens with zero attached hydrogens (tertiary/aromatic N) is 1. The molecule has 118 valence electrons. The SMILES string of the molecule is CCCNC(CN1CCCC(OCC)C1)C1CCOC1. The molecule has 0 aromatic rings. The summed E-state index contributed by atoms with van der Waals surface area (Å²) in [6.45, 7) is 11.6. The normalized spacial score (nSPS) is 29.7. The molecule has 0 saturated carbocycles. The molecule has 0 radical (unpaired) electrons. The summed E-state index contributed by atoms with van der Waals surface area (Å²) in [5, 5.41) is 3.74. The third kappa shape index (κ3) is 4.99. The monoisotopic (exact) mass is 284 g/mol. The summed E-state index contributed by atoms with van der Waals surface area (Å²) < 4.78 is 11.4. The molecule has 0 aromatic heterocycles. The first-order chi connectivity index (χ1) is 9.83. The Morgan fingerprint density at radius 2 is 2.25 bits per heavy atom. The van der Waals surface area contributed by atoms with Crippen molar-refractivity contribution in [2.75, 3.05) is 46.0 Å². The number of rotatable bonds is 8. The van der Waals surface area contributed by atoms with E-state index in [0.29, 0.717) is 18.1 Å². The Balaban J connectivity index is 1.82. The molecule has 2 aliphatic rings. The molecule has 0 spiro atoms. The van der Waals surface area contributed by atoms with Gasteiger partial charge in [-0.25, -0.2) is 0 Å². The lowest BCUT2D eigenvalue weighted by Crippen LogP contribution is -2.50. The maximum absolute atomic E-state index is 5.81. The van der Waals surface area contributed by atoms with Crippen LogP contribution in [0.15, 0.2) is 0 Å². The van der Waals surface area contributed by atoms with Crippen LogP contribution >= 0.6 is 0 Å². The molecule has 2 saturated heterocycles. The van der Waals surface area contributed by atoms with Crippen molar-refractivity contribution in [2.24, 2.45) is 5.92 Å². The third-order valence-electron chi connectivity index (χ3n) is 4.51. The van der Waals surface area contributed by atoms with Gasteiger partial charge in [-0.15, -0.1) is 0 Å². The van der Waals surface area contributed by atoms with Gasteiger partial charge in [0.05, 0.1) is 12.7 Å². The van der Waals surface area contributed by atoms with Crippen molar-refractivity contribution >= 4 is 0 Å². The molecule has 3 unspecified atom stereocenters. The van der Waals surface area contributed by atoms with Gasteiger partial charge in [-0.1, -0.05) is 6.92 Å². The van der Waals surface area contributed by atoms with Crippen molar-refractivity contribution in [2.45, 2.75) is 51.7 Å². The summed E-state index contributed by atoms with van der Waals surface area (Å²) in [4.78, 5) is 2.59. The van der Waals surface area contributed by atoms with Crippen LogP contribution in [0.1, 0.15) is 39.5 Å². The molecule has 0 aliphatic carbocycles. The Labute approximate surface area is 124 Å². The van der Waals surface area contributed by atoms with Crippen LogP contribution in [0.25, 0.3) is 0 Å². The Bertz CT molecular complexity index is 255. The van der Waals surface area contributed by atoms with Crippen LogP contribution in [-0.2, 0) is 9.47 Å². The van der Waals surface area contributed by atoms with Crippen molar-refractivity contribution in [3.8, 4) is 0 Å². The van der Waals surface area contributed by atoms with Crippen molar-refractivity contribution in [3.05, 3.63) is 0 Å². The Morgan fingerprint density at radius 3 is 2.95 bits per heavy atom. The van der Waals surface area contributed by atoms with E-state index in [2.05, 4.69) is 24.1 Å². The summed E-state index contributed by atoms with van der Waals surface area (Å²) in [5.74, 6) is 0.689. The lowest BCUT2D eigenvalue weighted by molar-refractivity contribution is 0.00147. The van der Waals surface area contributed by atoms with E-state index >= 15 is 0 Å². The fourth-order valence-corrected chi connectivity index (χ4v) is 3.41. The van der Waals surface area contributed by atoms with Crippen LogP contribution in [0.2, 0.25) is 0 Å². The van der Waals surface area contributed by atoms with Gasteiger partial charge >= 0.3 is 0 Å². The van der Waals surface area contributed by atoms with Gasteiger partial charge in [0.1, 0.15) is 0 Å². The van der Waals surface area contributed by atoms with E-state index in [1.807, 2.05) is 0 Å². The van der Waals surface area contributed by atoms with E-state index in [-0.39, 0.29) is 0 Å². The summed E-state index contributed by atoms with van der Waals surface area (Å²) in [6.07, 6.45) is 5.35. The van der Waals surface area contributed by atoms with E-state index in [1.54, 1.807) is 0 Å². The highest BCUT2D eigenvalue weighted by Crippen LogP contribution is 2.20. The smallest absolute Gasteiger partial charge is 0.0702 e. The zero-order valence-electron chi connectivity index (χ0n) is 13.3. The number of hydrogen-bond acceptors (Lipinski definition) is 4. The van der Waals surface area contributed by atoms with E-state index in [1.165, 1.54) is 32.2 Å². The van der Waals surface area contributed by atoms with Crippen LogP contribution in [-0.4, -0.2) is 63.0 Å². The number of hydrogen-bond donors (Lipinski definition) is 1. The Morgan fingerprint density at radius 1 is 1.35 bits per heavy atom. The predicted molar refractivity (Wildman–Crippen MR) is 82.1 cm³/mol. The fourth-order valence-electron chi connectivity index (χ4n) is 3.41. The molecule has 2 aliphatic heterocycles. The molecule has 2 fully saturated rings. The zero-order valence-corrected chi connectivity index (χ0v) is 13.3. The largest absolute Gasteiger partial charge is 0.381 e. The first kappa shape index (κ1) is 16.2. The molecule has 20 heavy (non-hydrogen) atoms. The second-order valence-electron chi connectivity index (χ2n) is 6.16. The molecule has 4 nitrogen and oxygen atoms in total. The summed E-state index contributed by atoms with van der Waals surface area (Å²) in [7, 11) is 0. The van der Waals surface area contributed by atoms with Crippen molar-refractivity contribution in [1.82, 2.24) is 10.2 Å². The zero-order chi connectivity index (χ0) is 14.2. The van der Waals surface area contributed by atoms with Gasteiger partial charge in [0.15, 0.2) is 0 Å². The molecule has 2 rings (SSSR count). The van der Waals surface area contributed by atoms with Crippen LogP contribution in [0.5, 0.6) is 0 Å². The summed E-state index contributed by atoms with van der Waals surface area (Å²) in [5.41, 5.74) is 0. The molecule has 0 aromatic carbocycles. The average molecular weight is 284 g/mol. The summed E-state index contributed by atoms with van der Waals surface area (Å²) >= 11 is 0. The number of ether oxygens (including phenoxy) is 2. The third-order valence-corrected chi connectivity index (χ3v) is 4.51. The highest BCUT2D eigenvalue weighted by Gasteiger charge is 2.29.